The van der Waals surface area contributed by atoms with E-state index in [2.05, 4.69) is 19.9 Å². The van der Waals surface area contributed by atoms with Gasteiger partial charge in [0.15, 0.2) is 5.78 Å². The average molecular weight is 457 g/mol. The highest BCUT2D eigenvalue weighted by Crippen LogP contribution is 2.67. The molecule has 2 heterocycles. The third-order valence-corrected chi connectivity index (χ3v) is 11.4. The van der Waals surface area contributed by atoms with Gasteiger partial charge in [0.25, 0.3) is 0 Å². The zero-order chi connectivity index (χ0) is 22.8. The van der Waals surface area contributed by atoms with Crippen molar-refractivity contribution >= 4 is 5.78 Å². The fourth-order valence-electron chi connectivity index (χ4n) is 9.66. The van der Waals surface area contributed by atoms with Gasteiger partial charge in [-0.3, -0.25) is 4.79 Å². The Morgan fingerprint density at radius 3 is 2.33 bits per heavy atom. The molecule has 0 aromatic rings. The molecule has 0 radical (unpaired) electrons. The number of ether oxygens (including phenoxy) is 2. The van der Waals surface area contributed by atoms with Gasteiger partial charge in [0, 0.05) is 25.0 Å². The lowest BCUT2D eigenvalue weighted by molar-refractivity contribution is -0.140. The molecule has 2 aliphatic heterocycles. The first-order valence-corrected chi connectivity index (χ1v) is 14.1. The van der Waals surface area contributed by atoms with E-state index in [1.165, 1.54) is 44.1 Å². The maximum absolute atomic E-state index is 13.8. The van der Waals surface area contributed by atoms with Crippen LogP contribution >= 0.6 is 0 Å². The van der Waals surface area contributed by atoms with Crippen molar-refractivity contribution < 1.29 is 19.4 Å². The average Bonchev–Trinajstić information content (AvgIpc) is 3.10. The van der Waals surface area contributed by atoms with Gasteiger partial charge in [-0.05, 0) is 112 Å². The number of hydrogen-bond acceptors (Lipinski definition) is 4. The SMILES string of the molecule is CC12CC[C@H](C3CCCCO3)CC1=CC(=O)C1C2CCC2(C)C1C[C@@H](O)[C@@H]2C1CCCCO1. The van der Waals surface area contributed by atoms with Crippen LogP contribution in [0.4, 0.5) is 0 Å². The minimum Gasteiger partial charge on any atom is -0.393 e. The van der Waals surface area contributed by atoms with Crippen LogP contribution in [0.3, 0.4) is 0 Å². The minimum absolute atomic E-state index is 0.0209. The number of rotatable bonds is 2. The number of allylic oxidation sites excluding steroid dienone is 2. The van der Waals surface area contributed by atoms with E-state index in [-0.39, 0.29) is 34.9 Å². The van der Waals surface area contributed by atoms with Crippen molar-refractivity contribution in [3.8, 4) is 0 Å². The van der Waals surface area contributed by atoms with E-state index in [1.54, 1.807) is 0 Å². The first-order valence-electron chi connectivity index (χ1n) is 14.1. The highest BCUT2D eigenvalue weighted by Gasteiger charge is 2.64. The van der Waals surface area contributed by atoms with Crippen LogP contribution < -0.4 is 0 Å². The molecule has 7 unspecified atom stereocenters. The molecular weight excluding hydrogens is 412 g/mol. The van der Waals surface area contributed by atoms with Crippen molar-refractivity contribution in [2.75, 3.05) is 13.2 Å². The molecule has 3 saturated carbocycles. The summed E-state index contributed by atoms with van der Waals surface area (Å²) in [6.45, 7) is 6.60. The highest BCUT2D eigenvalue weighted by molar-refractivity contribution is 5.94. The maximum atomic E-state index is 13.8. The summed E-state index contributed by atoms with van der Waals surface area (Å²) in [7, 11) is 0. The molecule has 5 fully saturated rings. The van der Waals surface area contributed by atoms with Crippen molar-refractivity contribution in [3.63, 3.8) is 0 Å². The Labute approximate surface area is 199 Å². The van der Waals surface area contributed by atoms with E-state index < -0.39 is 0 Å². The molecule has 1 N–H and O–H groups in total. The van der Waals surface area contributed by atoms with E-state index in [0.717, 1.165) is 51.7 Å². The Bertz CT molecular complexity index is 793. The molecule has 4 aliphatic carbocycles. The van der Waals surface area contributed by atoms with Gasteiger partial charge in [-0.2, -0.15) is 0 Å². The van der Waals surface area contributed by atoms with Gasteiger partial charge in [0.1, 0.15) is 0 Å². The molecule has 0 aromatic carbocycles. The second-order valence-corrected chi connectivity index (χ2v) is 12.9. The number of aliphatic hydroxyl groups excluding tert-OH is 1. The Balaban J connectivity index is 1.27. The predicted molar refractivity (Wildman–Crippen MR) is 128 cm³/mol. The van der Waals surface area contributed by atoms with Gasteiger partial charge in [-0.25, -0.2) is 0 Å². The maximum Gasteiger partial charge on any atom is 0.159 e. The molecule has 10 atom stereocenters. The van der Waals surface area contributed by atoms with Crippen molar-refractivity contribution in [2.45, 2.75) is 109 Å². The van der Waals surface area contributed by atoms with Crippen molar-refractivity contribution in [1.29, 1.82) is 0 Å². The summed E-state index contributed by atoms with van der Waals surface area (Å²) in [4.78, 5) is 13.8. The van der Waals surface area contributed by atoms with Crippen LogP contribution in [-0.2, 0) is 14.3 Å². The highest BCUT2D eigenvalue weighted by atomic mass is 16.5. The van der Waals surface area contributed by atoms with Crippen LogP contribution in [-0.4, -0.2) is 42.4 Å². The molecule has 0 bridgehead atoms. The minimum atomic E-state index is -0.327. The molecule has 0 amide bonds. The third kappa shape index (κ3) is 3.52. The first kappa shape index (κ1) is 22.7. The lowest BCUT2D eigenvalue weighted by atomic mass is 9.46. The molecule has 4 heteroatoms. The van der Waals surface area contributed by atoms with E-state index in [9.17, 15) is 9.90 Å². The lowest BCUT2D eigenvalue weighted by Crippen LogP contribution is -2.54. The zero-order valence-corrected chi connectivity index (χ0v) is 20.8. The number of fused-ring (bicyclic) bond motifs is 5. The second-order valence-electron chi connectivity index (χ2n) is 12.9. The quantitative estimate of drug-likeness (QED) is 0.599. The molecular formula is C29H44O4. The normalized spacial score (nSPS) is 52.5. The van der Waals surface area contributed by atoms with Gasteiger partial charge in [-0.15, -0.1) is 0 Å². The third-order valence-electron chi connectivity index (χ3n) is 11.4. The summed E-state index contributed by atoms with van der Waals surface area (Å²) in [6.07, 6.45) is 15.9. The molecule has 6 rings (SSSR count). The fraction of sp³-hybridized carbons (Fsp3) is 0.897. The van der Waals surface area contributed by atoms with E-state index in [0.29, 0.717) is 29.6 Å². The van der Waals surface area contributed by atoms with Crippen LogP contribution in [0.5, 0.6) is 0 Å². The molecule has 6 aliphatic rings. The van der Waals surface area contributed by atoms with Crippen molar-refractivity contribution in [3.05, 3.63) is 11.6 Å². The Hall–Kier alpha value is -0.710. The largest absolute Gasteiger partial charge is 0.393 e. The molecule has 0 aromatic heterocycles. The van der Waals surface area contributed by atoms with Crippen LogP contribution in [0.1, 0.15) is 90.9 Å². The first-order chi connectivity index (χ1) is 15.9. The smallest absolute Gasteiger partial charge is 0.159 e. The lowest BCUT2D eigenvalue weighted by Gasteiger charge is -2.58. The monoisotopic (exact) mass is 456 g/mol. The Morgan fingerprint density at radius 2 is 1.64 bits per heavy atom. The van der Waals surface area contributed by atoms with E-state index >= 15 is 0 Å². The fourth-order valence-corrected chi connectivity index (χ4v) is 9.66. The van der Waals surface area contributed by atoms with Gasteiger partial charge in [0.2, 0.25) is 0 Å². The van der Waals surface area contributed by atoms with Crippen LogP contribution in [0.15, 0.2) is 11.6 Å². The topological polar surface area (TPSA) is 55.8 Å². The van der Waals surface area contributed by atoms with Gasteiger partial charge >= 0.3 is 0 Å². The number of carbonyl (C=O) groups is 1. The number of ketones is 1. The van der Waals surface area contributed by atoms with E-state index in [4.69, 9.17) is 9.47 Å². The van der Waals surface area contributed by atoms with Crippen molar-refractivity contribution in [1.82, 2.24) is 0 Å². The summed E-state index contributed by atoms with van der Waals surface area (Å²) in [6, 6.07) is 0. The second kappa shape index (κ2) is 8.45. The number of hydrogen-bond donors (Lipinski definition) is 1. The zero-order valence-electron chi connectivity index (χ0n) is 20.8. The molecule has 33 heavy (non-hydrogen) atoms. The number of carbonyl (C=O) groups excluding carboxylic acids is 1. The Morgan fingerprint density at radius 1 is 0.909 bits per heavy atom. The predicted octanol–water partition coefficient (Wildman–Crippen LogP) is 5.47. The van der Waals surface area contributed by atoms with E-state index in [1.807, 2.05) is 0 Å². The number of aliphatic hydroxyl groups is 1. The van der Waals surface area contributed by atoms with Crippen LogP contribution in [0.25, 0.3) is 0 Å². The standard InChI is InChI=1S/C29H44O4/c1-28-11-9-18(24-7-3-5-13-32-24)15-19(28)16-22(30)26-20(28)10-12-29(2)21(26)17-23(31)27(29)25-8-4-6-14-33-25/h16,18,20-21,23-27,31H,3-15,17H2,1-2H3/t18-,20?,21?,23+,24?,25?,26?,27+,28?,29?/m0/s1. The summed E-state index contributed by atoms with van der Waals surface area (Å²) in [5.74, 6) is 1.96. The van der Waals surface area contributed by atoms with Gasteiger partial charge in [0.05, 0.1) is 18.3 Å². The molecule has 0 spiro atoms. The summed E-state index contributed by atoms with van der Waals surface area (Å²) in [5, 5.41) is 11.3. The molecule has 4 nitrogen and oxygen atoms in total. The summed E-state index contributed by atoms with van der Waals surface area (Å²) < 4.78 is 12.4. The molecule has 184 valence electrons. The van der Waals surface area contributed by atoms with Gasteiger partial charge in [-0.1, -0.05) is 19.4 Å². The molecule has 2 saturated heterocycles. The van der Waals surface area contributed by atoms with Crippen LogP contribution in [0, 0.1) is 40.4 Å². The van der Waals surface area contributed by atoms with Crippen LogP contribution in [0.2, 0.25) is 0 Å². The summed E-state index contributed by atoms with van der Waals surface area (Å²) in [5.41, 5.74) is 1.59. The van der Waals surface area contributed by atoms with Gasteiger partial charge < -0.3 is 14.6 Å². The Kier molecular flexibility index (Phi) is 5.82. The van der Waals surface area contributed by atoms with Crippen molar-refractivity contribution in [2.24, 2.45) is 40.4 Å². The summed E-state index contributed by atoms with van der Waals surface area (Å²) >= 11 is 0.